The van der Waals surface area contributed by atoms with Gasteiger partial charge in [-0.15, -0.1) is 11.3 Å². The summed E-state index contributed by atoms with van der Waals surface area (Å²) in [6, 6.07) is 37.9. The lowest BCUT2D eigenvalue weighted by Gasteiger charge is -2.33. The summed E-state index contributed by atoms with van der Waals surface area (Å²) in [5.41, 5.74) is 12.4. The standard InChI is InChI=1S/C55H44N4O2S/c1-3-11-52-47(4-2)58-55(62-52)37-21-25-43(26-22-37)59(42-13-6-5-7-14-42)44-27-23-38-31-46-45-28-24-39(32-50(45)60-51(46)33-41(38)30-44)53(40-12-10-29-56-34-40)35-17-19-36(20-18-35)54-57-48-15-8-9-16-49(48)61-54/h3,5-21,23-34,37-38,41,53H,4,22H2,1-2H3/b11-3-/t37-,38?,41?,53?/m1/s1. The number of oxazole rings is 1. The Morgan fingerprint density at radius 2 is 1.61 bits per heavy atom. The van der Waals surface area contributed by atoms with E-state index >= 15 is 0 Å². The predicted molar refractivity (Wildman–Crippen MR) is 253 cm³/mol. The first-order valence-corrected chi connectivity index (χ1v) is 22.3. The summed E-state index contributed by atoms with van der Waals surface area (Å²) in [5.74, 6) is 1.20. The summed E-state index contributed by atoms with van der Waals surface area (Å²) in [4.78, 5) is 17.9. The van der Waals surface area contributed by atoms with E-state index < -0.39 is 0 Å². The summed E-state index contributed by atoms with van der Waals surface area (Å²) < 4.78 is 12.9. The average molecular weight is 825 g/mol. The zero-order valence-electron chi connectivity index (χ0n) is 34.6. The van der Waals surface area contributed by atoms with Crippen LogP contribution >= 0.6 is 11.3 Å². The van der Waals surface area contributed by atoms with Crippen LogP contribution in [0.2, 0.25) is 0 Å². The van der Waals surface area contributed by atoms with E-state index in [0.717, 1.165) is 79.2 Å². The Morgan fingerprint density at radius 1 is 0.774 bits per heavy atom. The average Bonchev–Trinajstić information content (AvgIpc) is 4.05. The Morgan fingerprint density at radius 3 is 2.40 bits per heavy atom. The smallest absolute Gasteiger partial charge is 0.227 e. The lowest BCUT2D eigenvalue weighted by molar-refractivity contribution is 0.560. The van der Waals surface area contributed by atoms with Crippen LogP contribution in [0.15, 0.2) is 184 Å². The molecule has 3 unspecified atom stereocenters. The van der Waals surface area contributed by atoms with Gasteiger partial charge in [0.15, 0.2) is 5.58 Å². The van der Waals surface area contributed by atoms with Gasteiger partial charge in [0.05, 0.1) is 10.6 Å². The quantitative estimate of drug-likeness (QED) is 0.137. The third kappa shape index (κ3) is 6.98. The van der Waals surface area contributed by atoms with Crippen LogP contribution in [0.5, 0.6) is 0 Å². The van der Waals surface area contributed by atoms with Crippen molar-refractivity contribution in [2.45, 2.75) is 38.5 Å². The van der Waals surface area contributed by atoms with Crippen LogP contribution < -0.4 is 15.5 Å². The van der Waals surface area contributed by atoms with Crippen LogP contribution in [0.1, 0.15) is 64.4 Å². The number of nitrogens with zero attached hydrogens (tertiary/aromatic N) is 4. The number of hydrogen-bond acceptors (Lipinski definition) is 7. The number of allylic oxidation sites excluding steroid dienone is 7. The van der Waals surface area contributed by atoms with Crippen molar-refractivity contribution in [2.24, 2.45) is 11.8 Å². The van der Waals surface area contributed by atoms with Gasteiger partial charge in [-0.3, -0.25) is 4.98 Å². The summed E-state index contributed by atoms with van der Waals surface area (Å²) in [6.45, 7) is 4.26. The molecule has 0 bridgehead atoms. The highest BCUT2D eigenvalue weighted by Gasteiger charge is 2.27. The van der Waals surface area contributed by atoms with Crippen LogP contribution in [0.25, 0.3) is 51.8 Å². The number of aromatic nitrogens is 3. The van der Waals surface area contributed by atoms with Gasteiger partial charge in [0.1, 0.15) is 21.5 Å². The minimum atomic E-state index is -0.0506. The molecule has 0 saturated carbocycles. The van der Waals surface area contributed by atoms with Gasteiger partial charge in [-0.2, -0.15) is 0 Å². The van der Waals surface area contributed by atoms with Crippen molar-refractivity contribution in [2.75, 3.05) is 4.90 Å². The number of thiazole rings is 1. The monoisotopic (exact) mass is 824 g/mol. The second-order valence-electron chi connectivity index (χ2n) is 16.1. The van der Waals surface area contributed by atoms with Crippen molar-refractivity contribution >= 4 is 57.3 Å². The molecular weight excluding hydrogens is 781 g/mol. The predicted octanol–water partition coefficient (Wildman–Crippen LogP) is 12.3. The Labute approximate surface area is 364 Å². The van der Waals surface area contributed by atoms with Crippen LogP contribution in [0, 0.1) is 11.8 Å². The topological polar surface area (TPSA) is 68.2 Å². The summed E-state index contributed by atoms with van der Waals surface area (Å²) in [5, 5.41) is 3.47. The maximum Gasteiger partial charge on any atom is 0.227 e. The van der Waals surface area contributed by atoms with Gasteiger partial charge in [0, 0.05) is 69.3 Å². The van der Waals surface area contributed by atoms with Crippen LogP contribution in [0.3, 0.4) is 0 Å². The maximum atomic E-state index is 6.77. The summed E-state index contributed by atoms with van der Waals surface area (Å²) >= 11 is 1.82. The van der Waals surface area contributed by atoms with E-state index in [1.807, 2.05) is 54.1 Å². The van der Waals surface area contributed by atoms with E-state index in [9.17, 15) is 0 Å². The molecule has 7 heteroatoms. The van der Waals surface area contributed by atoms with E-state index in [4.69, 9.17) is 18.8 Å². The molecule has 0 spiro atoms. The fourth-order valence-corrected chi connectivity index (χ4v) is 10.4. The van der Waals surface area contributed by atoms with E-state index in [2.05, 4.69) is 163 Å². The lowest BCUT2D eigenvalue weighted by Crippen LogP contribution is -2.31. The number of furan rings is 1. The van der Waals surface area contributed by atoms with Gasteiger partial charge in [0.2, 0.25) is 5.89 Å². The van der Waals surface area contributed by atoms with Crippen molar-refractivity contribution in [3.05, 3.63) is 218 Å². The number of rotatable bonds is 10. The number of para-hydroxylation sites is 3. The minimum absolute atomic E-state index is 0.0506. The molecule has 0 amide bonds. The van der Waals surface area contributed by atoms with E-state index in [0.29, 0.717) is 5.89 Å². The molecular formula is C55H44N4O2S. The fraction of sp³-hybridized carbons (Fsp3) is 0.145. The van der Waals surface area contributed by atoms with Gasteiger partial charge < -0.3 is 13.7 Å². The second kappa shape index (κ2) is 16.1. The third-order valence-electron chi connectivity index (χ3n) is 12.2. The van der Waals surface area contributed by atoms with Crippen molar-refractivity contribution in [1.29, 1.82) is 0 Å². The van der Waals surface area contributed by atoms with E-state index in [1.54, 1.807) is 0 Å². The first-order chi connectivity index (χ1) is 30.6. The van der Waals surface area contributed by atoms with Crippen molar-refractivity contribution in [3.8, 4) is 11.5 Å². The molecule has 0 saturated heterocycles. The lowest BCUT2D eigenvalue weighted by atomic mass is 9.83. The molecule has 0 N–H and O–H groups in total. The molecule has 11 rings (SSSR count). The highest BCUT2D eigenvalue weighted by Crippen LogP contribution is 2.39. The van der Waals surface area contributed by atoms with Crippen molar-refractivity contribution < 1.29 is 8.83 Å². The number of aryl methyl sites for hydroxylation is 1. The number of pyridine rings is 1. The van der Waals surface area contributed by atoms with Gasteiger partial charge in [0.25, 0.3) is 0 Å². The Balaban J connectivity index is 0.906. The molecule has 6 nitrogen and oxygen atoms in total. The molecule has 0 radical (unpaired) electrons. The molecule has 3 aliphatic carbocycles. The van der Waals surface area contributed by atoms with Crippen LogP contribution in [0.4, 0.5) is 5.69 Å². The number of anilines is 1. The molecule has 4 atom stereocenters. The number of benzene rings is 4. The van der Waals surface area contributed by atoms with Crippen molar-refractivity contribution in [3.63, 3.8) is 0 Å². The van der Waals surface area contributed by atoms with Gasteiger partial charge in [-0.05, 0) is 109 Å². The normalized spacial score (nSPS) is 18.5. The molecule has 3 aliphatic rings. The minimum Gasteiger partial charge on any atom is -0.456 e. The fourth-order valence-electron chi connectivity index (χ4n) is 9.17. The molecule has 0 fully saturated rings. The van der Waals surface area contributed by atoms with Crippen molar-refractivity contribution in [1.82, 2.24) is 15.0 Å². The molecule has 302 valence electrons. The molecule has 4 heterocycles. The largest absolute Gasteiger partial charge is 0.456 e. The first-order valence-electron chi connectivity index (χ1n) is 21.5. The third-order valence-corrected chi connectivity index (χ3v) is 13.4. The SMILES string of the molecule is C/C=C\c1sc([C@@H]2C=CC(N(C3=CC4C=c5oc6cc(C(c7ccc(-c8nc9ccccc9o8)cc7)c7cccnc7)ccc6c5=CC4C=C3)c3ccccc3)=CC2)nc1CC. The molecule has 4 aromatic carbocycles. The van der Waals surface area contributed by atoms with E-state index in [-0.39, 0.29) is 23.7 Å². The molecule has 0 aliphatic heterocycles. The molecule has 4 aromatic heterocycles. The second-order valence-corrected chi connectivity index (χ2v) is 17.2. The summed E-state index contributed by atoms with van der Waals surface area (Å²) in [7, 11) is 0. The van der Waals surface area contributed by atoms with Gasteiger partial charge in [-0.1, -0.05) is 104 Å². The Hall–Kier alpha value is -7.09. The highest BCUT2D eigenvalue weighted by molar-refractivity contribution is 7.12. The summed E-state index contributed by atoms with van der Waals surface area (Å²) in [6.07, 6.45) is 28.6. The zero-order valence-corrected chi connectivity index (χ0v) is 35.4. The first kappa shape index (κ1) is 37.9. The van der Waals surface area contributed by atoms with Gasteiger partial charge >= 0.3 is 0 Å². The molecule has 62 heavy (non-hydrogen) atoms. The Kier molecular flexibility index (Phi) is 9.82. The highest BCUT2D eigenvalue weighted by atomic mass is 32.1. The van der Waals surface area contributed by atoms with Crippen LogP contribution in [-0.2, 0) is 6.42 Å². The zero-order chi connectivity index (χ0) is 41.6. The van der Waals surface area contributed by atoms with E-state index in [1.165, 1.54) is 21.3 Å². The van der Waals surface area contributed by atoms with Crippen LogP contribution in [-0.4, -0.2) is 15.0 Å². The maximum absolute atomic E-state index is 6.77. The number of hydrogen-bond donors (Lipinski definition) is 0. The Bertz CT molecular complexity index is 3210. The number of fused-ring (bicyclic) bond motifs is 5. The van der Waals surface area contributed by atoms with Gasteiger partial charge in [-0.25, -0.2) is 9.97 Å². The molecule has 8 aromatic rings.